The summed E-state index contributed by atoms with van der Waals surface area (Å²) in [7, 11) is 0. The Balaban J connectivity index is 1.53. The molecule has 1 aliphatic rings. The van der Waals surface area contributed by atoms with Crippen LogP contribution in [0.15, 0.2) is 42.6 Å². The van der Waals surface area contributed by atoms with Gasteiger partial charge >= 0.3 is 0 Å². The number of aromatic nitrogens is 4. The predicted octanol–water partition coefficient (Wildman–Crippen LogP) is 5.30. The lowest BCUT2D eigenvalue weighted by Crippen LogP contribution is -2.16. The minimum absolute atomic E-state index is 0.243. The molecule has 0 spiro atoms. The van der Waals surface area contributed by atoms with Crippen molar-refractivity contribution in [1.82, 2.24) is 24.8 Å². The molecule has 0 amide bonds. The van der Waals surface area contributed by atoms with E-state index in [1.54, 1.807) is 24.4 Å². The largest absolute Gasteiger partial charge is 0.350 e. The smallest absolute Gasteiger partial charge is 0.225 e. The fourth-order valence-electron chi connectivity index (χ4n) is 4.04. The average Bonchev–Trinajstić information content (AvgIpc) is 3.43. The summed E-state index contributed by atoms with van der Waals surface area (Å²) in [5, 5.41) is 7.48. The molecule has 1 saturated heterocycles. The van der Waals surface area contributed by atoms with Crippen LogP contribution in [0.2, 0.25) is 10.0 Å². The van der Waals surface area contributed by atoms with Crippen LogP contribution in [0, 0.1) is 17.6 Å². The first-order valence-electron chi connectivity index (χ1n) is 10.6. The van der Waals surface area contributed by atoms with Gasteiger partial charge in [0.15, 0.2) is 17.3 Å². The topological polar surface area (TPSA) is 67.7 Å². The van der Waals surface area contributed by atoms with Crippen molar-refractivity contribution >= 4 is 40.3 Å². The minimum Gasteiger partial charge on any atom is -0.350 e. The maximum absolute atomic E-state index is 13.5. The highest BCUT2D eigenvalue weighted by atomic mass is 35.5. The van der Waals surface area contributed by atoms with Gasteiger partial charge in [0, 0.05) is 13.1 Å². The normalized spacial score (nSPS) is 15.9. The van der Waals surface area contributed by atoms with Crippen molar-refractivity contribution in [2.45, 2.75) is 19.5 Å². The molecule has 1 unspecified atom stereocenters. The van der Waals surface area contributed by atoms with Crippen LogP contribution in [0.3, 0.4) is 0 Å². The second kappa shape index (κ2) is 9.21. The second-order valence-corrected chi connectivity index (χ2v) is 8.82. The lowest BCUT2D eigenvalue weighted by molar-refractivity contribution is 0.490. The van der Waals surface area contributed by atoms with E-state index in [2.05, 4.69) is 20.6 Å². The molecule has 2 aromatic carbocycles. The van der Waals surface area contributed by atoms with Crippen LogP contribution in [0.25, 0.3) is 22.6 Å². The molecule has 1 fully saturated rings. The monoisotopic (exact) mass is 488 g/mol. The molecular weight excluding hydrogens is 469 g/mol. The molecule has 170 valence electrons. The van der Waals surface area contributed by atoms with E-state index in [1.165, 1.54) is 6.07 Å². The third-order valence-electron chi connectivity index (χ3n) is 5.71. The Morgan fingerprint density at radius 2 is 1.91 bits per heavy atom. The van der Waals surface area contributed by atoms with E-state index in [-0.39, 0.29) is 6.54 Å². The molecule has 4 aromatic rings. The Labute approximate surface area is 199 Å². The molecule has 0 saturated carbocycles. The zero-order valence-electron chi connectivity index (χ0n) is 17.5. The van der Waals surface area contributed by atoms with Crippen molar-refractivity contribution in [3.05, 3.63) is 69.8 Å². The van der Waals surface area contributed by atoms with Gasteiger partial charge in [0.25, 0.3) is 0 Å². The third kappa shape index (κ3) is 4.51. The van der Waals surface area contributed by atoms with Gasteiger partial charge in [0.05, 0.1) is 21.8 Å². The Morgan fingerprint density at radius 1 is 1.09 bits per heavy atom. The molecule has 1 atom stereocenters. The van der Waals surface area contributed by atoms with E-state index in [0.717, 1.165) is 31.6 Å². The summed E-state index contributed by atoms with van der Waals surface area (Å²) in [4.78, 5) is 13.8. The molecule has 33 heavy (non-hydrogen) atoms. The van der Waals surface area contributed by atoms with Crippen LogP contribution < -0.4 is 10.6 Å². The molecule has 0 aliphatic carbocycles. The van der Waals surface area contributed by atoms with Crippen LogP contribution in [-0.2, 0) is 13.1 Å². The SMILES string of the molecule is Fc1ccc(CNc2ncc3nc(-c4c(Cl)cccc4Cl)n(CC4CCNC4)c3n2)cc1F. The molecule has 3 heterocycles. The molecule has 6 nitrogen and oxygen atoms in total. The van der Waals surface area contributed by atoms with Crippen LogP contribution in [0.5, 0.6) is 0 Å². The van der Waals surface area contributed by atoms with E-state index in [1.807, 2.05) is 4.57 Å². The van der Waals surface area contributed by atoms with Gasteiger partial charge in [-0.2, -0.15) is 4.98 Å². The molecule has 1 aliphatic heterocycles. The lowest BCUT2D eigenvalue weighted by Gasteiger charge is -2.15. The first-order valence-corrected chi connectivity index (χ1v) is 11.3. The first kappa shape index (κ1) is 22.0. The summed E-state index contributed by atoms with van der Waals surface area (Å²) < 4.78 is 28.7. The van der Waals surface area contributed by atoms with Gasteiger partial charge in [0.1, 0.15) is 11.3 Å². The molecule has 2 N–H and O–H groups in total. The number of hydrogen-bond acceptors (Lipinski definition) is 5. The number of rotatable bonds is 6. The van der Waals surface area contributed by atoms with Gasteiger partial charge < -0.3 is 15.2 Å². The number of fused-ring (bicyclic) bond motifs is 1. The van der Waals surface area contributed by atoms with E-state index < -0.39 is 11.6 Å². The summed E-state index contributed by atoms with van der Waals surface area (Å²) >= 11 is 13.0. The summed E-state index contributed by atoms with van der Waals surface area (Å²) in [6, 6.07) is 9.12. The summed E-state index contributed by atoms with van der Waals surface area (Å²) in [5.41, 5.74) is 2.49. The fraction of sp³-hybridized carbons (Fsp3) is 0.261. The summed E-state index contributed by atoms with van der Waals surface area (Å²) in [6.07, 6.45) is 2.68. The van der Waals surface area contributed by atoms with Crippen LogP contribution in [-0.4, -0.2) is 32.6 Å². The minimum atomic E-state index is -0.893. The van der Waals surface area contributed by atoms with E-state index >= 15 is 0 Å². The molecule has 5 rings (SSSR count). The van der Waals surface area contributed by atoms with E-state index in [9.17, 15) is 8.78 Å². The number of benzene rings is 2. The van der Waals surface area contributed by atoms with Crippen LogP contribution >= 0.6 is 23.2 Å². The number of halogens is 4. The molecule has 0 radical (unpaired) electrons. The van der Waals surface area contributed by atoms with Gasteiger partial charge in [-0.05, 0) is 55.3 Å². The Kier molecular flexibility index (Phi) is 6.14. The van der Waals surface area contributed by atoms with E-state index in [4.69, 9.17) is 28.2 Å². The number of nitrogens with zero attached hydrogens (tertiary/aromatic N) is 4. The standard InChI is InChI=1S/C23H20Cl2F2N6/c24-15-2-1-3-16(25)20(15)22-31-19-11-30-23(29-10-13-4-5-17(26)18(27)8-13)32-21(19)33(22)12-14-6-7-28-9-14/h1-5,8,11,14,28H,6-7,9-10,12H2,(H,29,30,32). The summed E-state index contributed by atoms with van der Waals surface area (Å²) in [6.45, 7) is 2.81. The first-order chi connectivity index (χ1) is 16.0. The average molecular weight is 489 g/mol. The highest BCUT2D eigenvalue weighted by Gasteiger charge is 2.23. The number of anilines is 1. The van der Waals surface area contributed by atoms with E-state index in [0.29, 0.717) is 56.6 Å². The van der Waals surface area contributed by atoms with Gasteiger partial charge in [-0.1, -0.05) is 35.3 Å². The van der Waals surface area contributed by atoms with Crippen molar-refractivity contribution in [3.8, 4) is 11.4 Å². The zero-order valence-corrected chi connectivity index (χ0v) is 19.0. The molecule has 2 aromatic heterocycles. The Bertz CT molecular complexity index is 1300. The number of hydrogen-bond donors (Lipinski definition) is 2. The van der Waals surface area contributed by atoms with Crippen molar-refractivity contribution in [2.24, 2.45) is 5.92 Å². The van der Waals surface area contributed by atoms with Gasteiger partial charge in [-0.25, -0.2) is 18.7 Å². The number of imidazole rings is 1. The highest BCUT2D eigenvalue weighted by Crippen LogP contribution is 2.36. The van der Waals surface area contributed by atoms with Gasteiger partial charge in [-0.15, -0.1) is 0 Å². The number of nitrogens with one attached hydrogen (secondary N) is 2. The second-order valence-electron chi connectivity index (χ2n) is 8.01. The third-order valence-corrected chi connectivity index (χ3v) is 6.34. The van der Waals surface area contributed by atoms with Crippen molar-refractivity contribution in [2.75, 3.05) is 18.4 Å². The van der Waals surface area contributed by atoms with Gasteiger partial charge in [-0.3, -0.25) is 0 Å². The predicted molar refractivity (Wildman–Crippen MR) is 125 cm³/mol. The van der Waals surface area contributed by atoms with Crippen molar-refractivity contribution < 1.29 is 8.78 Å². The fourth-order valence-corrected chi connectivity index (χ4v) is 4.60. The van der Waals surface area contributed by atoms with Crippen LogP contribution in [0.1, 0.15) is 12.0 Å². The maximum atomic E-state index is 13.5. The maximum Gasteiger partial charge on any atom is 0.225 e. The van der Waals surface area contributed by atoms with Crippen LogP contribution in [0.4, 0.5) is 14.7 Å². The highest BCUT2D eigenvalue weighted by molar-refractivity contribution is 6.39. The quantitative estimate of drug-likeness (QED) is 0.385. The molecule has 10 heteroatoms. The molecule has 0 bridgehead atoms. The Morgan fingerprint density at radius 3 is 2.64 bits per heavy atom. The lowest BCUT2D eigenvalue weighted by atomic mass is 10.1. The molecular formula is C23H20Cl2F2N6. The summed E-state index contributed by atoms with van der Waals surface area (Å²) in [5.74, 6) is -0.368. The van der Waals surface area contributed by atoms with Crippen molar-refractivity contribution in [3.63, 3.8) is 0 Å². The Hall–Kier alpha value is -2.81. The zero-order chi connectivity index (χ0) is 22.9. The van der Waals surface area contributed by atoms with Gasteiger partial charge in [0.2, 0.25) is 5.95 Å². The van der Waals surface area contributed by atoms with Crippen molar-refractivity contribution in [1.29, 1.82) is 0 Å².